The smallest absolute Gasteiger partial charge is 0.255 e. The maximum Gasteiger partial charge on any atom is 0.255 e. The zero-order chi connectivity index (χ0) is 21.9. The van der Waals surface area contributed by atoms with Gasteiger partial charge in [0.2, 0.25) is 0 Å². The number of nitrogens with one attached hydrogen (secondary N) is 1. The minimum Gasteiger partial charge on any atom is -0.392 e. The van der Waals surface area contributed by atoms with Crippen molar-refractivity contribution in [3.8, 4) is 11.3 Å². The lowest BCUT2D eigenvalue weighted by molar-refractivity contribution is 0.102. The Kier molecular flexibility index (Phi) is 6.77. The van der Waals surface area contributed by atoms with Gasteiger partial charge in [0.25, 0.3) is 5.91 Å². The minimum atomic E-state index is -3.77. The molecule has 156 valence electrons. The zero-order valence-electron chi connectivity index (χ0n) is 15.8. The van der Waals surface area contributed by atoms with Gasteiger partial charge in [-0.15, -0.1) is 0 Å². The number of nitrogens with zero attached hydrogens (tertiary/aromatic N) is 1. The fourth-order valence-corrected chi connectivity index (χ4v) is 5.02. The van der Waals surface area contributed by atoms with Gasteiger partial charge in [-0.2, -0.15) is 0 Å². The summed E-state index contributed by atoms with van der Waals surface area (Å²) in [6, 6.07) is 14.3. The van der Waals surface area contributed by atoms with Crippen LogP contribution < -0.4 is 5.32 Å². The van der Waals surface area contributed by atoms with E-state index in [2.05, 4.69) is 10.3 Å². The van der Waals surface area contributed by atoms with Crippen LogP contribution in [-0.4, -0.2) is 36.3 Å². The second kappa shape index (κ2) is 9.14. The molecule has 0 saturated carbocycles. The molecular formula is C21H18Cl2N2O4S. The standard InChI is InChI=1S/C21H18Cl2N2O4S/c1-13(26)12-30(28,29)20-8-5-14(10-18(20)23)21(27)25-15-6-7-17(22)16(11-15)19-4-2-3-9-24-19/h2-11,13,26H,12H2,1H3,(H,25,27). The average molecular weight is 465 g/mol. The first-order valence-corrected chi connectivity index (χ1v) is 11.3. The monoisotopic (exact) mass is 464 g/mol. The molecule has 0 saturated heterocycles. The van der Waals surface area contributed by atoms with Gasteiger partial charge in [-0.05, 0) is 55.5 Å². The third kappa shape index (κ3) is 5.17. The summed E-state index contributed by atoms with van der Waals surface area (Å²) in [6.45, 7) is 1.37. The first-order valence-electron chi connectivity index (χ1n) is 8.90. The van der Waals surface area contributed by atoms with Gasteiger partial charge in [-0.1, -0.05) is 29.3 Å². The van der Waals surface area contributed by atoms with Crippen LogP contribution in [0.1, 0.15) is 17.3 Å². The first kappa shape index (κ1) is 22.2. The summed E-state index contributed by atoms with van der Waals surface area (Å²) in [6.07, 6.45) is 0.610. The van der Waals surface area contributed by atoms with E-state index < -0.39 is 27.6 Å². The number of anilines is 1. The molecule has 3 aromatic rings. The van der Waals surface area contributed by atoms with Gasteiger partial charge in [0.15, 0.2) is 9.84 Å². The number of hydrogen-bond acceptors (Lipinski definition) is 5. The van der Waals surface area contributed by atoms with Crippen molar-refractivity contribution in [1.29, 1.82) is 0 Å². The summed E-state index contributed by atoms with van der Waals surface area (Å²) in [7, 11) is -3.77. The highest BCUT2D eigenvalue weighted by molar-refractivity contribution is 7.91. The lowest BCUT2D eigenvalue weighted by atomic mass is 10.1. The van der Waals surface area contributed by atoms with Crippen molar-refractivity contribution in [2.75, 3.05) is 11.1 Å². The highest BCUT2D eigenvalue weighted by Gasteiger charge is 2.21. The van der Waals surface area contributed by atoms with Gasteiger partial charge in [0.05, 0.1) is 32.5 Å². The third-order valence-corrected chi connectivity index (χ3v) is 6.86. The average Bonchev–Trinajstić information content (AvgIpc) is 2.68. The molecule has 1 amide bonds. The van der Waals surface area contributed by atoms with Crippen molar-refractivity contribution in [2.24, 2.45) is 0 Å². The van der Waals surface area contributed by atoms with Crippen LogP contribution in [0.4, 0.5) is 5.69 Å². The molecule has 1 heterocycles. The largest absolute Gasteiger partial charge is 0.392 e. The lowest BCUT2D eigenvalue weighted by Gasteiger charge is -2.11. The molecule has 0 bridgehead atoms. The van der Waals surface area contributed by atoms with Crippen molar-refractivity contribution in [2.45, 2.75) is 17.9 Å². The first-order chi connectivity index (χ1) is 14.2. The van der Waals surface area contributed by atoms with E-state index in [1.54, 1.807) is 36.5 Å². The Hall–Kier alpha value is -2.45. The molecule has 2 aromatic carbocycles. The molecule has 0 radical (unpaired) electrons. The SMILES string of the molecule is CC(O)CS(=O)(=O)c1ccc(C(=O)Nc2ccc(Cl)c(-c3ccccn3)c2)cc1Cl. The van der Waals surface area contributed by atoms with Crippen LogP contribution in [0.3, 0.4) is 0 Å². The van der Waals surface area contributed by atoms with Gasteiger partial charge in [-0.25, -0.2) is 8.42 Å². The number of hydrogen-bond donors (Lipinski definition) is 2. The Balaban J connectivity index is 1.84. The molecule has 9 heteroatoms. The van der Waals surface area contributed by atoms with Gasteiger partial charge < -0.3 is 10.4 Å². The Morgan fingerprint density at radius 3 is 2.50 bits per heavy atom. The Morgan fingerprint density at radius 1 is 1.10 bits per heavy atom. The molecule has 0 fully saturated rings. The molecule has 0 aliphatic rings. The second-order valence-electron chi connectivity index (χ2n) is 6.64. The van der Waals surface area contributed by atoms with E-state index >= 15 is 0 Å². The van der Waals surface area contributed by atoms with Crippen LogP contribution in [0.25, 0.3) is 11.3 Å². The van der Waals surface area contributed by atoms with Crippen LogP contribution in [0.15, 0.2) is 65.7 Å². The molecular weight excluding hydrogens is 447 g/mol. The fourth-order valence-electron chi connectivity index (χ4n) is 2.83. The van der Waals surface area contributed by atoms with Gasteiger partial charge in [0, 0.05) is 23.0 Å². The molecule has 3 rings (SSSR count). The normalized spacial score (nSPS) is 12.4. The second-order valence-corrected chi connectivity index (χ2v) is 9.46. The number of pyridine rings is 1. The highest BCUT2D eigenvalue weighted by atomic mass is 35.5. The molecule has 1 aromatic heterocycles. The van der Waals surface area contributed by atoms with Crippen LogP contribution >= 0.6 is 23.2 Å². The number of aliphatic hydroxyl groups is 1. The highest BCUT2D eigenvalue weighted by Crippen LogP contribution is 2.30. The van der Waals surface area contributed by atoms with Crippen molar-refractivity contribution in [1.82, 2.24) is 4.98 Å². The van der Waals surface area contributed by atoms with E-state index in [1.807, 2.05) is 6.07 Å². The summed E-state index contributed by atoms with van der Waals surface area (Å²) in [5, 5.41) is 12.5. The molecule has 0 aliphatic heterocycles. The van der Waals surface area contributed by atoms with Gasteiger partial charge in [0.1, 0.15) is 0 Å². The molecule has 0 aliphatic carbocycles. The number of amides is 1. The number of aromatic nitrogens is 1. The van der Waals surface area contributed by atoms with Crippen LogP contribution in [0.2, 0.25) is 10.0 Å². The summed E-state index contributed by atoms with van der Waals surface area (Å²) < 4.78 is 24.6. The Morgan fingerprint density at radius 2 is 1.87 bits per heavy atom. The maximum atomic E-state index is 12.6. The van der Waals surface area contributed by atoms with Gasteiger partial charge in [-0.3, -0.25) is 9.78 Å². The molecule has 30 heavy (non-hydrogen) atoms. The summed E-state index contributed by atoms with van der Waals surface area (Å²) in [5.41, 5.74) is 2.00. The molecule has 2 N–H and O–H groups in total. The number of rotatable bonds is 6. The van der Waals surface area contributed by atoms with E-state index in [-0.39, 0.29) is 15.5 Å². The number of sulfone groups is 1. The van der Waals surface area contributed by atoms with Crippen molar-refractivity contribution < 1.29 is 18.3 Å². The number of halogens is 2. The van der Waals surface area contributed by atoms with Crippen molar-refractivity contribution >= 4 is 44.6 Å². The summed E-state index contributed by atoms with van der Waals surface area (Å²) >= 11 is 12.4. The summed E-state index contributed by atoms with van der Waals surface area (Å²) in [5.74, 6) is -0.926. The van der Waals surface area contributed by atoms with E-state index in [0.717, 1.165) is 0 Å². The Bertz CT molecular complexity index is 1180. The fraction of sp³-hybridized carbons (Fsp3) is 0.143. The topological polar surface area (TPSA) is 96.4 Å². The number of carbonyl (C=O) groups excluding carboxylic acids is 1. The third-order valence-electron chi connectivity index (χ3n) is 4.15. The zero-order valence-corrected chi connectivity index (χ0v) is 18.2. The number of benzene rings is 2. The predicted molar refractivity (Wildman–Crippen MR) is 118 cm³/mol. The Labute approximate surface area is 184 Å². The minimum absolute atomic E-state index is 0.0893. The molecule has 1 unspecified atom stereocenters. The van der Waals surface area contributed by atoms with E-state index in [1.165, 1.54) is 25.1 Å². The predicted octanol–water partition coefficient (Wildman–Crippen LogP) is 4.46. The van der Waals surface area contributed by atoms with E-state index in [9.17, 15) is 18.3 Å². The summed E-state index contributed by atoms with van der Waals surface area (Å²) in [4.78, 5) is 16.8. The van der Waals surface area contributed by atoms with Crippen molar-refractivity contribution in [3.63, 3.8) is 0 Å². The van der Waals surface area contributed by atoms with E-state index in [0.29, 0.717) is 22.0 Å². The quantitative estimate of drug-likeness (QED) is 0.560. The molecule has 0 spiro atoms. The van der Waals surface area contributed by atoms with Crippen molar-refractivity contribution in [3.05, 3.63) is 76.4 Å². The van der Waals surface area contributed by atoms with Crippen LogP contribution in [-0.2, 0) is 9.84 Å². The van der Waals surface area contributed by atoms with Gasteiger partial charge >= 0.3 is 0 Å². The number of aliphatic hydroxyl groups excluding tert-OH is 1. The maximum absolute atomic E-state index is 12.6. The lowest BCUT2D eigenvalue weighted by Crippen LogP contribution is -2.18. The van der Waals surface area contributed by atoms with Crippen LogP contribution in [0.5, 0.6) is 0 Å². The van der Waals surface area contributed by atoms with E-state index in [4.69, 9.17) is 23.2 Å². The van der Waals surface area contributed by atoms with Crippen LogP contribution in [0, 0.1) is 0 Å². The number of carbonyl (C=O) groups is 1. The molecule has 1 atom stereocenters. The molecule has 6 nitrogen and oxygen atoms in total.